The largest absolute Gasteiger partial charge is 0.380 e. The molecule has 0 fully saturated rings. The third-order valence-electron chi connectivity index (χ3n) is 2.56. The minimum atomic E-state index is 0.613. The van der Waals surface area contributed by atoms with Crippen LogP contribution < -0.4 is 5.32 Å². The van der Waals surface area contributed by atoms with Crippen molar-refractivity contribution in [2.75, 3.05) is 12.4 Å². The second-order valence-corrected chi connectivity index (χ2v) is 4.93. The minimum Gasteiger partial charge on any atom is -0.380 e. The van der Waals surface area contributed by atoms with E-state index in [4.69, 9.17) is 4.74 Å². The number of pyridine rings is 1. The third kappa shape index (κ3) is 3.31. The molecule has 2 rings (SSSR count). The van der Waals surface area contributed by atoms with Gasteiger partial charge in [0.2, 0.25) is 0 Å². The number of ether oxygens (including phenoxy) is 1. The summed E-state index contributed by atoms with van der Waals surface area (Å²) < 4.78 is 6.13. The van der Waals surface area contributed by atoms with Gasteiger partial charge in [0, 0.05) is 23.5 Å². The van der Waals surface area contributed by atoms with Crippen molar-refractivity contribution in [2.45, 2.75) is 13.5 Å². The number of hydrogen-bond donors (Lipinski definition) is 1. The molecule has 1 aromatic carbocycles. The molecule has 0 bridgehead atoms. The van der Waals surface area contributed by atoms with E-state index in [1.54, 1.807) is 13.3 Å². The van der Waals surface area contributed by atoms with E-state index in [-0.39, 0.29) is 0 Å². The molecule has 0 aliphatic heterocycles. The van der Waals surface area contributed by atoms with E-state index >= 15 is 0 Å². The summed E-state index contributed by atoms with van der Waals surface area (Å²) in [6.07, 6.45) is 1.80. The molecule has 0 radical (unpaired) electrons. The van der Waals surface area contributed by atoms with Gasteiger partial charge in [0.25, 0.3) is 0 Å². The van der Waals surface area contributed by atoms with Gasteiger partial charge in [0.1, 0.15) is 5.82 Å². The Morgan fingerprint density at radius 2 is 2.17 bits per heavy atom. The van der Waals surface area contributed by atoms with Gasteiger partial charge < -0.3 is 10.1 Å². The topological polar surface area (TPSA) is 34.1 Å². The van der Waals surface area contributed by atoms with Crippen molar-refractivity contribution in [1.82, 2.24) is 4.98 Å². The SMILES string of the molecule is COCc1cccc(Nc2cc(C)c(Br)cn2)c1. The summed E-state index contributed by atoms with van der Waals surface area (Å²) in [5, 5.41) is 3.28. The lowest BCUT2D eigenvalue weighted by atomic mass is 10.2. The predicted molar refractivity (Wildman–Crippen MR) is 77.1 cm³/mol. The Morgan fingerprint density at radius 3 is 2.89 bits per heavy atom. The number of benzene rings is 1. The first-order valence-electron chi connectivity index (χ1n) is 5.66. The quantitative estimate of drug-likeness (QED) is 0.925. The molecule has 0 aliphatic carbocycles. The van der Waals surface area contributed by atoms with Gasteiger partial charge in [0.15, 0.2) is 0 Å². The average molecular weight is 307 g/mol. The summed E-state index contributed by atoms with van der Waals surface area (Å²) in [4.78, 5) is 4.32. The Morgan fingerprint density at radius 1 is 1.33 bits per heavy atom. The van der Waals surface area contributed by atoms with Gasteiger partial charge in [-0.2, -0.15) is 0 Å². The average Bonchev–Trinajstić information content (AvgIpc) is 2.35. The summed E-state index contributed by atoms with van der Waals surface area (Å²) in [5.41, 5.74) is 3.30. The zero-order valence-electron chi connectivity index (χ0n) is 10.4. The lowest BCUT2D eigenvalue weighted by Gasteiger charge is -2.08. The molecule has 0 atom stereocenters. The Labute approximate surface area is 115 Å². The van der Waals surface area contributed by atoms with E-state index in [1.807, 2.05) is 31.2 Å². The number of anilines is 2. The van der Waals surface area contributed by atoms with Crippen molar-refractivity contribution in [2.24, 2.45) is 0 Å². The van der Waals surface area contributed by atoms with Crippen molar-refractivity contribution in [3.05, 3.63) is 52.1 Å². The zero-order valence-corrected chi connectivity index (χ0v) is 12.0. The molecule has 0 spiro atoms. The highest BCUT2D eigenvalue weighted by Gasteiger charge is 2.00. The normalized spacial score (nSPS) is 10.4. The zero-order chi connectivity index (χ0) is 13.0. The van der Waals surface area contributed by atoms with E-state index in [9.17, 15) is 0 Å². The summed E-state index contributed by atoms with van der Waals surface area (Å²) >= 11 is 3.44. The van der Waals surface area contributed by atoms with Crippen molar-refractivity contribution in [3.63, 3.8) is 0 Å². The van der Waals surface area contributed by atoms with E-state index in [0.717, 1.165) is 27.1 Å². The lowest BCUT2D eigenvalue weighted by molar-refractivity contribution is 0.185. The number of hydrogen-bond acceptors (Lipinski definition) is 3. The molecule has 94 valence electrons. The first-order valence-corrected chi connectivity index (χ1v) is 6.45. The fraction of sp³-hybridized carbons (Fsp3) is 0.214. The molecular formula is C14H15BrN2O. The van der Waals surface area contributed by atoms with Gasteiger partial charge in [-0.25, -0.2) is 4.98 Å². The molecule has 0 aliphatic rings. The highest BCUT2D eigenvalue weighted by molar-refractivity contribution is 9.10. The monoisotopic (exact) mass is 306 g/mol. The Bertz CT molecular complexity index is 543. The molecular weight excluding hydrogens is 292 g/mol. The van der Waals surface area contributed by atoms with Crippen LogP contribution in [0.1, 0.15) is 11.1 Å². The summed E-state index contributed by atoms with van der Waals surface area (Å²) in [6, 6.07) is 10.1. The second-order valence-electron chi connectivity index (χ2n) is 4.08. The van der Waals surface area contributed by atoms with Gasteiger partial charge >= 0.3 is 0 Å². The second kappa shape index (κ2) is 5.98. The van der Waals surface area contributed by atoms with Crippen LogP contribution in [0.5, 0.6) is 0 Å². The van der Waals surface area contributed by atoms with Gasteiger partial charge in [-0.1, -0.05) is 12.1 Å². The van der Waals surface area contributed by atoms with Gasteiger partial charge in [0.05, 0.1) is 6.61 Å². The number of nitrogens with one attached hydrogen (secondary N) is 1. The number of aryl methyl sites for hydroxylation is 1. The van der Waals surface area contributed by atoms with Crippen LogP contribution in [0, 0.1) is 6.92 Å². The summed E-state index contributed by atoms with van der Waals surface area (Å²) in [7, 11) is 1.69. The Hall–Kier alpha value is -1.39. The molecule has 0 saturated heterocycles. The summed E-state index contributed by atoms with van der Waals surface area (Å²) in [6.45, 7) is 2.65. The van der Waals surface area contributed by atoms with E-state index in [0.29, 0.717) is 6.61 Å². The van der Waals surface area contributed by atoms with Crippen molar-refractivity contribution in [3.8, 4) is 0 Å². The molecule has 18 heavy (non-hydrogen) atoms. The smallest absolute Gasteiger partial charge is 0.130 e. The Balaban J connectivity index is 2.17. The highest BCUT2D eigenvalue weighted by Crippen LogP contribution is 2.21. The summed E-state index contributed by atoms with van der Waals surface area (Å²) in [5.74, 6) is 0.838. The maximum absolute atomic E-state index is 5.12. The number of rotatable bonds is 4. The number of halogens is 1. The molecule has 1 N–H and O–H groups in total. The highest BCUT2D eigenvalue weighted by atomic mass is 79.9. The molecule has 0 amide bonds. The van der Waals surface area contributed by atoms with Gasteiger partial charge in [-0.3, -0.25) is 0 Å². The van der Waals surface area contributed by atoms with E-state index < -0.39 is 0 Å². The van der Waals surface area contributed by atoms with E-state index in [2.05, 4.69) is 32.3 Å². The van der Waals surface area contributed by atoms with Crippen LogP contribution in [0.25, 0.3) is 0 Å². The molecule has 1 heterocycles. The standard InChI is InChI=1S/C14H15BrN2O/c1-10-6-14(16-8-13(10)15)17-12-5-3-4-11(7-12)9-18-2/h3-8H,9H2,1-2H3,(H,16,17). The Kier molecular flexibility index (Phi) is 4.33. The maximum Gasteiger partial charge on any atom is 0.130 e. The molecule has 4 heteroatoms. The van der Waals surface area contributed by atoms with Crippen LogP contribution in [-0.2, 0) is 11.3 Å². The molecule has 3 nitrogen and oxygen atoms in total. The van der Waals surface area contributed by atoms with E-state index in [1.165, 1.54) is 0 Å². The first kappa shape index (κ1) is 13.1. The predicted octanol–water partition coefficient (Wildman–Crippen LogP) is 4.04. The van der Waals surface area contributed by atoms with Crippen molar-refractivity contribution in [1.29, 1.82) is 0 Å². The van der Waals surface area contributed by atoms with Gasteiger partial charge in [-0.15, -0.1) is 0 Å². The lowest BCUT2D eigenvalue weighted by Crippen LogP contribution is -1.96. The molecule has 0 saturated carbocycles. The number of aromatic nitrogens is 1. The fourth-order valence-electron chi connectivity index (χ4n) is 1.66. The molecule has 0 unspecified atom stereocenters. The number of nitrogens with zero attached hydrogens (tertiary/aromatic N) is 1. The van der Waals surface area contributed by atoms with Crippen LogP contribution in [-0.4, -0.2) is 12.1 Å². The maximum atomic E-state index is 5.12. The van der Waals surface area contributed by atoms with Crippen LogP contribution in [0.4, 0.5) is 11.5 Å². The molecule has 1 aromatic heterocycles. The van der Waals surface area contributed by atoms with Crippen LogP contribution in [0.2, 0.25) is 0 Å². The van der Waals surface area contributed by atoms with Crippen molar-refractivity contribution < 1.29 is 4.74 Å². The molecule has 2 aromatic rings. The van der Waals surface area contributed by atoms with Crippen LogP contribution in [0.15, 0.2) is 41.0 Å². The van der Waals surface area contributed by atoms with Gasteiger partial charge in [-0.05, 0) is 52.2 Å². The fourth-order valence-corrected chi connectivity index (χ4v) is 1.88. The van der Waals surface area contributed by atoms with Crippen LogP contribution >= 0.6 is 15.9 Å². The van der Waals surface area contributed by atoms with Crippen molar-refractivity contribution >= 4 is 27.4 Å². The number of methoxy groups -OCH3 is 1. The first-order chi connectivity index (χ1) is 8.69. The third-order valence-corrected chi connectivity index (χ3v) is 3.39. The minimum absolute atomic E-state index is 0.613. The van der Waals surface area contributed by atoms with Crippen LogP contribution in [0.3, 0.4) is 0 Å².